The lowest BCUT2D eigenvalue weighted by atomic mass is 9.97. The molecule has 3 aromatic rings. The van der Waals surface area contributed by atoms with E-state index in [1.165, 1.54) is 6.07 Å². The molecule has 0 fully saturated rings. The second-order valence-corrected chi connectivity index (χ2v) is 5.38. The van der Waals surface area contributed by atoms with Gasteiger partial charge in [-0.1, -0.05) is 54.6 Å². The predicted octanol–water partition coefficient (Wildman–Crippen LogP) is 5.62. The average Bonchev–Trinajstić information content (AvgIpc) is 2.49. The standard InChI is InChI=1S/C18H14ClF/c1-12-9-10-14(11-17(12)20)18(19)16-8-4-6-13-5-2-3-7-15(13)16/h2-11,18H,1H3. The summed E-state index contributed by atoms with van der Waals surface area (Å²) in [7, 11) is 0. The third kappa shape index (κ3) is 2.30. The zero-order valence-corrected chi connectivity index (χ0v) is 11.9. The van der Waals surface area contributed by atoms with Crippen LogP contribution in [0.3, 0.4) is 0 Å². The molecule has 0 N–H and O–H groups in total. The van der Waals surface area contributed by atoms with Gasteiger partial charge in [0.25, 0.3) is 0 Å². The van der Waals surface area contributed by atoms with Crippen molar-refractivity contribution < 1.29 is 4.39 Å². The van der Waals surface area contributed by atoms with E-state index in [4.69, 9.17) is 11.6 Å². The highest BCUT2D eigenvalue weighted by Gasteiger charge is 2.14. The van der Waals surface area contributed by atoms with Crippen LogP contribution in [0.2, 0.25) is 0 Å². The normalized spacial score (nSPS) is 12.6. The van der Waals surface area contributed by atoms with Crippen molar-refractivity contribution in [2.24, 2.45) is 0 Å². The van der Waals surface area contributed by atoms with Gasteiger partial charge in [-0.25, -0.2) is 4.39 Å². The van der Waals surface area contributed by atoms with Gasteiger partial charge in [0.1, 0.15) is 5.82 Å². The Balaban J connectivity index is 2.12. The van der Waals surface area contributed by atoms with E-state index in [0.29, 0.717) is 5.56 Å². The highest BCUT2D eigenvalue weighted by Crippen LogP contribution is 2.34. The summed E-state index contributed by atoms with van der Waals surface area (Å²) in [6, 6.07) is 19.3. The molecule has 0 aliphatic carbocycles. The van der Waals surface area contributed by atoms with Gasteiger partial charge < -0.3 is 0 Å². The number of hydrogen-bond donors (Lipinski definition) is 0. The van der Waals surface area contributed by atoms with Gasteiger partial charge in [0.05, 0.1) is 5.38 Å². The lowest BCUT2D eigenvalue weighted by Gasteiger charge is -2.14. The van der Waals surface area contributed by atoms with Gasteiger partial charge in [-0.3, -0.25) is 0 Å². The number of halogens is 2. The minimum Gasteiger partial charge on any atom is -0.207 e. The number of hydrogen-bond acceptors (Lipinski definition) is 0. The minimum absolute atomic E-state index is 0.214. The lowest BCUT2D eigenvalue weighted by molar-refractivity contribution is 0.616. The summed E-state index contributed by atoms with van der Waals surface area (Å²) in [6.45, 7) is 1.75. The Morgan fingerprint density at radius 1 is 0.950 bits per heavy atom. The van der Waals surface area contributed by atoms with Crippen LogP contribution < -0.4 is 0 Å². The summed E-state index contributed by atoms with van der Waals surface area (Å²) in [4.78, 5) is 0. The summed E-state index contributed by atoms with van der Waals surface area (Å²) >= 11 is 6.57. The summed E-state index contributed by atoms with van der Waals surface area (Å²) in [5.74, 6) is -0.214. The molecule has 0 amide bonds. The third-order valence-corrected chi connectivity index (χ3v) is 4.07. The van der Waals surface area contributed by atoms with Crippen LogP contribution in [0.15, 0.2) is 60.7 Å². The van der Waals surface area contributed by atoms with Crippen LogP contribution in [0.4, 0.5) is 4.39 Å². The predicted molar refractivity (Wildman–Crippen MR) is 82.8 cm³/mol. The van der Waals surface area contributed by atoms with Crippen molar-refractivity contribution in [1.29, 1.82) is 0 Å². The van der Waals surface area contributed by atoms with E-state index in [1.807, 2.05) is 36.4 Å². The molecule has 0 aliphatic rings. The Hall–Kier alpha value is -1.86. The molecule has 3 aromatic carbocycles. The highest BCUT2D eigenvalue weighted by atomic mass is 35.5. The van der Waals surface area contributed by atoms with Gasteiger partial charge in [-0.2, -0.15) is 0 Å². The van der Waals surface area contributed by atoms with E-state index >= 15 is 0 Å². The lowest BCUT2D eigenvalue weighted by Crippen LogP contribution is -1.96. The van der Waals surface area contributed by atoms with Gasteiger partial charge in [0, 0.05) is 0 Å². The Labute approximate surface area is 122 Å². The Kier molecular flexibility index (Phi) is 3.45. The first-order valence-corrected chi connectivity index (χ1v) is 6.98. The smallest absolute Gasteiger partial charge is 0.126 e. The molecule has 1 atom stereocenters. The molecule has 0 heterocycles. The number of rotatable bonds is 2. The van der Waals surface area contributed by atoms with Crippen LogP contribution in [0.25, 0.3) is 10.8 Å². The monoisotopic (exact) mass is 284 g/mol. The maximum Gasteiger partial charge on any atom is 0.126 e. The third-order valence-electron chi connectivity index (χ3n) is 3.58. The van der Waals surface area contributed by atoms with E-state index in [1.54, 1.807) is 13.0 Å². The SMILES string of the molecule is Cc1ccc(C(Cl)c2cccc3ccccc23)cc1F. The number of aryl methyl sites for hydroxylation is 1. The van der Waals surface area contributed by atoms with Crippen LogP contribution in [0.1, 0.15) is 22.1 Å². The van der Waals surface area contributed by atoms with Crippen molar-refractivity contribution in [3.05, 3.63) is 83.2 Å². The fourth-order valence-electron chi connectivity index (χ4n) is 2.42. The Bertz CT molecular complexity index is 759. The molecular weight excluding hydrogens is 271 g/mol. The van der Waals surface area contributed by atoms with E-state index < -0.39 is 0 Å². The van der Waals surface area contributed by atoms with Crippen molar-refractivity contribution in [1.82, 2.24) is 0 Å². The first-order chi connectivity index (χ1) is 9.66. The molecule has 0 nitrogen and oxygen atoms in total. The molecular formula is C18H14ClF. The molecule has 0 saturated carbocycles. The van der Waals surface area contributed by atoms with Crippen molar-refractivity contribution in [2.75, 3.05) is 0 Å². The summed E-state index contributed by atoms with van der Waals surface area (Å²) in [6.07, 6.45) is 0. The molecule has 20 heavy (non-hydrogen) atoms. The highest BCUT2D eigenvalue weighted by molar-refractivity contribution is 6.23. The van der Waals surface area contributed by atoms with Gasteiger partial charge in [-0.05, 0) is 40.5 Å². The summed E-state index contributed by atoms with van der Waals surface area (Å²) < 4.78 is 13.7. The molecule has 1 unspecified atom stereocenters. The van der Waals surface area contributed by atoms with E-state index in [0.717, 1.165) is 21.9 Å². The number of fused-ring (bicyclic) bond motifs is 1. The molecule has 0 aromatic heterocycles. The number of alkyl halides is 1. The fourth-order valence-corrected chi connectivity index (χ4v) is 2.74. The molecule has 2 heteroatoms. The molecule has 0 radical (unpaired) electrons. The maximum atomic E-state index is 13.7. The Morgan fingerprint density at radius 2 is 1.70 bits per heavy atom. The fraction of sp³-hybridized carbons (Fsp3) is 0.111. The van der Waals surface area contributed by atoms with E-state index in [-0.39, 0.29) is 11.2 Å². The zero-order valence-electron chi connectivity index (χ0n) is 11.1. The molecule has 3 rings (SSSR count). The molecule has 0 spiro atoms. The second kappa shape index (κ2) is 5.26. The average molecular weight is 285 g/mol. The molecule has 100 valence electrons. The molecule has 0 bridgehead atoms. The van der Waals surface area contributed by atoms with Crippen LogP contribution >= 0.6 is 11.6 Å². The van der Waals surface area contributed by atoms with E-state index in [2.05, 4.69) is 12.1 Å². The topological polar surface area (TPSA) is 0 Å². The summed E-state index contributed by atoms with van der Waals surface area (Å²) in [5, 5.41) is 1.90. The van der Waals surface area contributed by atoms with Crippen molar-refractivity contribution in [3.63, 3.8) is 0 Å². The Morgan fingerprint density at radius 3 is 2.50 bits per heavy atom. The summed E-state index contributed by atoms with van der Waals surface area (Å²) in [5.41, 5.74) is 2.43. The first-order valence-electron chi connectivity index (χ1n) is 6.54. The number of benzene rings is 3. The van der Waals surface area contributed by atoms with Gasteiger partial charge in [0.2, 0.25) is 0 Å². The van der Waals surface area contributed by atoms with Gasteiger partial charge in [0.15, 0.2) is 0 Å². The molecule has 0 aliphatic heterocycles. The van der Waals surface area contributed by atoms with Crippen molar-refractivity contribution in [2.45, 2.75) is 12.3 Å². The largest absolute Gasteiger partial charge is 0.207 e. The van der Waals surface area contributed by atoms with E-state index in [9.17, 15) is 4.39 Å². The van der Waals surface area contributed by atoms with Crippen LogP contribution in [0.5, 0.6) is 0 Å². The van der Waals surface area contributed by atoms with Crippen LogP contribution in [-0.2, 0) is 0 Å². The van der Waals surface area contributed by atoms with Crippen molar-refractivity contribution in [3.8, 4) is 0 Å². The quantitative estimate of drug-likeness (QED) is 0.536. The minimum atomic E-state index is -0.351. The van der Waals surface area contributed by atoms with Gasteiger partial charge in [-0.15, -0.1) is 11.6 Å². The van der Waals surface area contributed by atoms with Crippen LogP contribution in [0, 0.1) is 12.7 Å². The zero-order chi connectivity index (χ0) is 14.1. The van der Waals surface area contributed by atoms with Crippen LogP contribution in [-0.4, -0.2) is 0 Å². The van der Waals surface area contributed by atoms with Gasteiger partial charge >= 0.3 is 0 Å². The second-order valence-electron chi connectivity index (χ2n) is 4.94. The first kappa shape index (κ1) is 13.1. The molecule has 0 saturated heterocycles. The maximum absolute atomic E-state index is 13.7. The van der Waals surface area contributed by atoms with Crippen molar-refractivity contribution >= 4 is 22.4 Å².